The van der Waals surface area contributed by atoms with Crippen LogP contribution in [-0.4, -0.2) is 24.6 Å². The molecule has 1 rings (SSSR count). The number of pyridine rings is 1. The first-order valence-corrected chi connectivity index (χ1v) is 4.73. The zero-order chi connectivity index (χ0) is 11.3. The fourth-order valence-electron chi connectivity index (χ4n) is 0.968. The molecule has 0 aliphatic heterocycles. The molecular formula is C9H12ClN3O2. The largest absolute Gasteiger partial charge is 0.469 e. The van der Waals surface area contributed by atoms with Crippen LogP contribution in [0.2, 0.25) is 5.02 Å². The quantitative estimate of drug-likeness (QED) is 0.761. The summed E-state index contributed by atoms with van der Waals surface area (Å²) < 4.78 is 4.49. The van der Waals surface area contributed by atoms with Gasteiger partial charge in [0, 0.05) is 6.54 Å². The van der Waals surface area contributed by atoms with Gasteiger partial charge in [-0.05, 0) is 6.07 Å². The molecule has 0 aliphatic carbocycles. The van der Waals surface area contributed by atoms with Crippen LogP contribution in [0.25, 0.3) is 0 Å². The molecule has 0 aromatic carbocycles. The number of nitrogens with one attached hydrogen (secondary N) is 1. The minimum atomic E-state index is -0.283. The molecule has 0 atom stereocenters. The van der Waals surface area contributed by atoms with Gasteiger partial charge in [0.25, 0.3) is 0 Å². The molecule has 0 amide bonds. The average molecular weight is 230 g/mol. The molecule has 0 saturated carbocycles. The van der Waals surface area contributed by atoms with E-state index in [1.807, 2.05) is 0 Å². The lowest BCUT2D eigenvalue weighted by molar-refractivity contribution is -0.140. The number of ether oxygens (including phenoxy) is 1. The number of esters is 1. The van der Waals surface area contributed by atoms with E-state index in [0.29, 0.717) is 23.1 Å². The van der Waals surface area contributed by atoms with Crippen LogP contribution in [0.15, 0.2) is 12.3 Å². The first-order chi connectivity index (χ1) is 7.13. The lowest BCUT2D eigenvalue weighted by Crippen LogP contribution is -2.10. The Morgan fingerprint density at radius 1 is 1.73 bits per heavy atom. The van der Waals surface area contributed by atoms with Gasteiger partial charge < -0.3 is 15.8 Å². The molecule has 1 aromatic heterocycles. The Bertz CT molecular complexity index is 357. The van der Waals surface area contributed by atoms with Gasteiger partial charge in [0.1, 0.15) is 5.82 Å². The van der Waals surface area contributed by atoms with Crippen molar-refractivity contribution in [2.24, 2.45) is 0 Å². The first-order valence-electron chi connectivity index (χ1n) is 4.35. The van der Waals surface area contributed by atoms with Crippen molar-refractivity contribution in [3.05, 3.63) is 17.3 Å². The van der Waals surface area contributed by atoms with Gasteiger partial charge in [-0.3, -0.25) is 4.79 Å². The molecular weight excluding hydrogens is 218 g/mol. The van der Waals surface area contributed by atoms with Crippen molar-refractivity contribution in [2.75, 3.05) is 24.7 Å². The molecule has 1 heterocycles. The standard InChI is InChI=1S/C9H12ClN3O2/c1-15-8(14)2-3-12-9-7(10)4-6(11)5-13-9/h4-5H,2-3,11H2,1H3,(H,12,13). The highest BCUT2D eigenvalue weighted by atomic mass is 35.5. The smallest absolute Gasteiger partial charge is 0.307 e. The number of hydrogen-bond acceptors (Lipinski definition) is 5. The second kappa shape index (κ2) is 5.41. The van der Waals surface area contributed by atoms with E-state index in [2.05, 4.69) is 15.0 Å². The molecule has 0 bridgehead atoms. The topological polar surface area (TPSA) is 77.2 Å². The predicted octanol–water partition coefficient (Wildman–Crippen LogP) is 1.29. The number of halogens is 1. The average Bonchev–Trinajstić information content (AvgIpc) is 2.21. The maximum atomic E-state index is 10.8. The fourth-order valence-corrected chi connectivity index (χ4v) is 1.21. The van der Waals surface area contributed by atoms with Crippen LogP contribution in [-0.2, 0) is 9.53 Å². The number of hydrogen-bond donors (Lipinski definition) is 2. The summed E-state index contributed by atoms with van der Waals surface area (Å²) in [5, 5.41) is 3.34. The highest BCUT2D eigenvalue weighted by Crippen LogP contribution is 2.20. The molecule has 3 N–H and O–H groups in total. The maximum absolute atomic E-state index is 10.8. The van der Waals surface area contributed by atoms with Crippen molar-refractivity contribution in [2.45, 2.75) is 6.42 Å². The van der Waals surface area contributed by atoms with Crippen LogP contribution in [0, 0.1) is 0 Å². The molecule has 15 heavy (non-hydrogen) atoms. The van der Waals surface area contributed by atoms with Gasteiger partial charge in [-0.1, -0.05) is 11.6 Å². The Morgan fingerprint density at radius 2 is 2.47 bits per heavy atom. The summed E-state index contributed by atoms with van der Waals surface area (Å²) in [7, 11) is 1.34. The number of methoxy groups -OCH3 is 1. The minimum absolute atomic E-state index is 0.263. The SMILES string of the molecule is COC(=O)CCNc1ncc(N)cc1Cl. The second-order valence-corrected chi connectivity index (χ2v) is 3.26. The summed E-state index contributed by atoms with van der Waals surface area (Å²) in [5.74, 6) is 0.226. The van der Waals surface area contributed by atoms with Gasteiger partial charge >= 0.3 is 5.97 Å². The zero-order valence-corrected chi connectivity index (χ0v) is 9.04. The third-order valence-corrected chi connectivity index (χ3v) is 2.00. The number of nitrogens with zero attached hydrogens (tertiary/aromatic N) is 1. The third-order valence-electron chi connectivity index (χ3n) is 1.71. The fraction of sp³-hybridized carbons (Fsp3) is 0.333. The highest BCUT2D eigenvalue weighted by molar-refractivity contribution is 6.33. The van der Waals surface area contributed by atoms with Gasteiger partial charge in [-0.25, -0.2) is 4.98 Å². The molecule has 6 heteroatoms. The molecule has 0 radical (unpaired) electrons. The molecule has 1 aromatic rings. The van der Waals surface area contributed by atoms with E-state index < -0.39 is 0 Å². The van der Waals surface area contributed by atoms with E-state index in [-0.39, 0.29) is 12.4 Å². The maximum Gasteiger partial charge on any atom is 0.307 e. The summed E-state index contributed by atoms with van der Waals surface area (Å²) in [6, 6.07) is 1.59. The number of rotatable bonds is 4. The van der Waals surface area contributed by atoms with Gasteiger partial charge in [-0.15, -0.1) is 0 Å². The number of carbonyl (C=O) groups excluding carboxylic acids is 1. The van der Waals surface area contributed by atoms with E-state index in [4.69, 9.17) is 17.3 Å². The number of aromatic nitrogens is 1. The number of nitrogens with two attached hydrogens (primary N) is 1. The van der Waals surface area contributed by atoms with E-state index in [1.54, 1.807) is 6.07 Å². The van der Waals surface area contributed by atoms with Crippen LogP contribution >= 0.6 is 11.6 Å². The summed E-state index contributed by atoms with van der Waals surface area (Å²) in [5.41, 5.74) is 5.98. The van der Waals surface area contributed by atoms with Gasteiger partial charge in [-0.2, -0.15) is 0 Å². The van der Waals surface area contributed by atoms with Crippen molar-refractivity contribution in [3.8, 4) is 0 Å². The van der Waals surface area contributed by atoms with Crippen LogP contribution in [0.1, 0.15) is 6.42 Å². The minimum Gasteiger partial charge on any atom is -0.469 e. The number of nitrogen functional groups attached to an aromatic ring is 1. The lowest BCUT2D eigenvalue weighted by atomic mass is 10.4. The van der Waals surface area contributed by atoms with Crippen LogP contribution in [0.3, 0.4) is 0 Å². The monoisotopic (exact) mass is 229 g/mol. The van der Waals surface area contributed by atoms with Crippen LogP contribution < -0.4 is 11.1 Å². The third kappa shape index (κ3) is 3.63. The van der Waals surface area contributed by atoms with Gasteiger partial charge in [0.05, 0.1) is 30.4 Å². The van der Waals surface area contributed by atoms with Crippen molar-refractivity contribution >= 4 is 29.1 Å². The second-order valence-electron chi connectivity index (χ2n) is 2.85. The Morgan fingerprint density at radius 3 is 3.07 bits per heavy atom. The van der Waals surface area contributed by atoms with E-state index in [9.17, 15) is 4.79 Å². The molecule has 0 aliphatic rings. The van der Waals surface area contributed by atoms with Crippen molar-refractivity contribution in [1.82, 2.24) is 4.98 Å². The summed E-state index contributed by atoms with van der Waals surface area (Å²) in [6.07, 6.45) is 1.76. The van der Waals surface area contributed by atoms with E-state index in [0.717, 1.165) is 0 Å². The lowest BCUT2D eigenvalue weighted by Gasteiger charge is -2.06. The normalized spacial score (nSPS) is 9.73. The predicted molar refractivity (Wildman–Crippen MR) is 58.8 cm³/mol. The number of carbonyl (C=O) groups is 1. The molecule has 0 saturated heterocycles. The summed E-state index contributed by atoms with van der Waals surface area (Å²) in [4.78, 5) is 14.8. The Labute approximate surface area is 92.6 Å². The number of anilines is 2. The van der Waals surface area contributed by atoms with Gasteiger partial charge in [0.15, 0.2) is 0 Å². The highest BCUT2D eigenvalue weighted by Gasteiger charge is 2.03. The van der Waals surface area contributed by atoms with E-state index >= 15 is 0 Å². The summed E-state index contributed by atoms with van der Waals surface area (Å²) in [6.45, 7) is 0.420. The molecule has 0 unspecified atom stereocenters. The van der Waals surface area contributed by atoms with Gasteiger partial charge in [0.2, 0.25) is 0 Å². The molecule has 0 spiro atoms. The zero-order valence-electron chi connectivity index (χ0n) is 8.29. The van der Waals surface area contributed by atoms with Crippen LogP contribution in [0.5, 0.6) is 0 Å². The Balaban J connectivity index is 2.47. The van der Waals surface area contributed by atoms with Crippen LogP contribution in [0.4, 0.5) is 11.5 Å². The van der Waals surface area contributed by atoms with Crippen molar-refractivity contribution in [3.63, 3.8) is 0 Å². The Kier molecular flexibility index (Phi) is 4.17. The molecule has 5 nitrogen and oxygen atoms in total. The molecule has 82 valence electrons. The Hall–Kier alpha value is -1.49. The summed E-state index contributed by atoms with van der Waals surface area (Å²) >= 11 is 5.86. The van der Waals surface area contributed by atoms with Crippen molar-refractivity contribution in [1.29, 1.82) is 0 Å². The van der Waals surface area contributed by atoms with E-state index in [1.165, 1.54) is 13.3 Å². The van der Waals surface area contributed by atoms with Crippen molar-refractivity contribution < 1.29 is 9.53 Å². The molecule has 0 fully saturated rings. The first kappa shape index (κ1) is 11.6.